The van der Waals surface area contributed by atoms with Crippen LogP contribution in [0.15, 0.2) is 158 Å². The van der Waals surface area contributed by atoms with Gasteiger partial charge in [-0.2, -0.15) is 0 Å². The third-order valence-electron chi connectivity index (χ3n) is 10.3. The maximum atomic E-state index is 12.8. The molecule has 0 N–H and O–H groups in total. The number of hydrogen-bond acceptors (Lipinski definition) is 6. The van der Waals surface area contributed by atoms with Gasteiger partial charge in [-0.05, 0) is 89.9 Å². The Labute approximate surface area is 409 Å². The maximum absolute atomic E-state index is 12.8. The summed E-state index contributed by atoms with van der Waals surface area (Å²) in [7, 11) is 0. The van der Waals surface area contributed by atoms with E-state index in [9.17, 15) is 14.4 Å². The molecule has 6 nitrogen and oxygen atoms in total. The summed E-state index contributed by atoms with van der Waals surface area (Å²) in [6, 6.07) is 0. The standard InChI is InChI=1S/C61H92O6/c1-4-7-10-13-16-19-22-25-27-29-30-32-33-36-39-42-45-48-51-54-60(63)66-57-58(56-65-59(62)53-50-47-44-41-38-35-24-21-18-15-12-9-6-3)67-61(64)55-52-49-46-43-40-37-34-31-28-26-23-20-17-14-11-8-5-2/h7-12,14-21,23-28,31,34-35,37-38,40,58H,4-6,13,22,29-30,32-33,36,39,41-57H2,1-3H3/b10-7-,11-8-,12-9-,17-14-,18-15-,19-16-,23-20-,24-21-,27-25-,28-26-,34-31+,38-35-,40-37-. The SMILES string of the molecule is CC\C=C/C=C\C=C/C=C\C=C\C=C/CCCCCC(=O)OC(COC(=O)CCCCC\C=C/C=C\C=C/C=C\CC)COC(=O)CCCCCCCCCCC/C=C\C/C=C\C/C=C\CC. The van der Waals surface area contributed by atoms with E-state index >= 15 is 0 Å². The zero-order valence-corrected chi connectivity index (χ0v) is 42.3. The molecule has 1 unspecified atom stereocenters. The molecule has 1 atom stereocenters. The van der Waals surface area contributed by atoms with Crippen LogP contribution in [0.1, 0.15) is 188 Å². The summed E-state index contributed by atoms with van der Waals surface area (Å²) in [4.78, 5) is 38.0. The second kappa shape index (κ2) is 53.6. The minimum Gasteiger partial charge on any atom is -0.462 e. The van der Waals surface area contributed by atoms with Crippen LogP contribution in [0.2, 0.25) is 0 Å². The highest BCUT2D eigenvalue weighted by atomic mass is 16.6. The van der Waals surface area contributed by atoms with Crippen molar-refractivity contribution in [2.75, 3.05) is 13.2 Å². The fourth-order valence-electron chi connectivity index (χ4n) is 6.44. The summed E-state index contributed by atoms with van der Waals surface area (Å²) in [5, 5.41) is 0. The van der Waals surface area contributed by atoms with Crippen molar-refractivity contribution < 1.29 is 28.6 Å². The van der Waals surface area contributed by atoms with Gasteiger partial charge < -0.3 is 14.2 Å². The van der Waals surface area contributed by atoms with Crippen molar-refractivity contribution in [1.82, 2.24) is 0 Å². The van der Waals surface area contributed by atoms with E-state index in [-0.39, 0.29) is 37.5 Å². The number of carbonyl (C=O) groups excluding carboxylic acids is 3. The van der Waals surface area contributed by atoms with Gasteiger partial charge in [0.25, 0.3) is 0 Å². The van der Waals surface area contributed by atoms with Crippen LogP contribution < -0.4 is 0 Å². The summed E-state index contributed by atoms with van der Waals surface area (Å²) in [6.07, 6.45) is 78.0. The van der Waals surface area contributed by atoms with Gasteiger partial charge >= 0.3 is 17.9 Å². The van der Waals surface area contributed by atoms with Crippen LogP contribution >= 0.6 is 0 Å². The maximum Gasteiger partial charge on any atom is 0.306 e. The Morgan fingerprint density at radius 3 is 1.03 bits per heavy atom. The average molecular weight is 921 g/mol. The zero-order chi connectivity index (χ0) is 48.6. The first-order chi connectivity index (χ1) is 33.0. The number of unbranched alkanes of at least 4 members (excludes halogenated alkanes) is 15. The molecule has 0 amide bonds. The number of allylic oxidation sites excluding steroid dienone is 26. The van der Waals surface area contributed by atoms with E-state index in [1.165, 1.54) is 38.5 Å². The molecule has 0 aromatic carbocycles. The van der Waals surface area contributed by atoms with Crippen LogP contribution in [-0.2, 0) is 28.6 Å². The van der Waals surface area contributed by atoms with E-state index in [0.717, 1.165) is 103 Å². The van der Waals surface area contributed by atoms with E-state index in [0.29, 0.717) is 19.3 Å². The van der Waals surface area contributed by atoms with Gasteiger partial charge in [-0.25, -0.2) is 0 Å². The van der Waals surface area contributed by atoms with E-state index in [1.807, 2.05) is 97.2 Å². The van der Waals surface area contributed by atoms with Gasteiger partial charge in [-0.15, -0.1) is 0 Å². The average Bonchev–Trinajstić information content (AvgIpc) is 3.33. The van der Waals surface area contributed by atoms with Gasteiger partial charge in [0.2, 0.25) is 0 Å². The van der Waals surface area contributed by atoms with Crippen molar-refractivity contribution in [3.05, 3.63) is 158 Å². The van der Waals surface area contributed by atoms with Gasteiger partial charge in [0.15, 0.2) is 6.10 Å². The van der Waals surface area contributed by atoms with E-state index in [1.54, 1.807) is 0 Å². The minimum atomic E-state index is -0.828. The van der Waals surface area contributed by atoms with Crippen molar-refractivity contribution >= 4 is 17.9 Å². The fraction of sp³-hybridized carbons (Fsp3) is 0.525. The fourth-order valence-corrected chi connectivity index (χ4v) is 6.44. The molecule has 372 valence electrons. The number of hydrogen-bond donors (Lipinski definition) is 0. The molecule has 0 radical (unpaired) electrons. The quantitative estimate of drug-likeness (QED) is 0.0199. The van der Waals surface area contributed by atoms with E-state index < -0.39 is 6.10 Å². The molecule has 6 heteroatoms. The molecule has 0 fully saturated rings. The molecule has 0 bridgehead atoms. The van der Waals surface area contributed by atoms with Crippen molar-refractivity contribution in [3.63, 3.8) is 0 Å². The number of carbonyl (C=O) groups is 3. The van der Waals surface area contributed by atoms with Crippen molar-refractivity contribution in [1.29, 1.82) is 0 Å². The van der Waals surface area contributed by atoms with E-state index in [2.05, 4.69) is 81.5 Å². The first kappa shape index (κ1) is 62.0. The molecule has 0 aliphatic rings. The number of esters is 3. The molecule has 67 heavy (non-hydrogen) atoms. The Kier molecular flexibility index (Phi) is 49.7. The Balaban J connectivity index is 4.55. The molecule has 0 aliphatic heterocycles. The van der Waals surface area contributed by atoms with Gasteiger partial charge in [-0.1, -0.05) is 237 Å². The highest BCUT2D eigenvalue weighted by Gasteiger charge is 2.19. The summed E-state index contributed by atoms with van der Waals surface area (Å²) < 4.78 is 16.7. The minimum absolute atomic E-state index is 0.120. The predicted octanol–water partition coefficient (Wildman–Crippen LogP) is 17.4. The smallest absolute Gasteiger partial charge is 0.306 e. The number of rotatable bonds is 44. The summed E-state index contributed by atoms with van der Waals surface area (Å²) in [6.45, 7) is 6.14. The Bertz CT molecular complexity index is 1570. The monoisotopic (exact) mass is 921 g/mol. The molecular weight excluding hydrogens is 829 g/mol. The van der Waals surface area contributed by atoms with Gasteiger partial charge in [0.05, 0.1) is 0 Å². The first-order valence-electron chi connectivity index (χ1n) is 26.1. The number of ether oxygens (including phenoxy) is 3. The molecule has 0 rings (SSSR count). The lowest BCUT2D eigenvalue weighted by molar-refractivity contribution is -0.167. The van der Waals surface area contributed by atoms with Gasteiger partial charge in [0, 0.05) is 19.3 Å². The second-order valence-electron chi connectivity index (χ2n) is 16.5. The molecule has 0 saturated carbocycles. The molecule has 0 saturated heterocycles. The third kappa shape index (κ3) is 51.9. The highest BCUT2D eigenvalue weighted by Crippen LogP contribution is 2.13. The van der Waals surface area contributed by atoms with Crippen LogP contribution in [0.25, 0.3) is 0 Å². The normalized spacial score (nSPS) is 13.4. The van der Waals surface area contributed by atoms with Crippen molar-refractivity contribution in [2.45, 2.75) is 194 Å². The molecule has 0 heterocycles. The van der Waals surface area contributed by atoms with Crippen LogP contribution in [0, 0.1) is 0 Å². The molecule has 0 aromatic rings. The lowest BCUT2D eigenvalue weighted by atomic mass is 10.1. The summed E-state index contributed by atoms with van der Waals surface area (Å²) in [5.74, 6) is -1.02. The van der Waals surface area contributed by atoms with Gasteiger partial charge in [0.1, 0.15) is 13.2 Å². The molecular formula is C61H92O6. The Hall–Kier alpha value is -4.97. The van der Waals surface area contributed by atoms with Crippen LogP contribution in [0.4, 0.5) is 0 Å². The van der Waals surface area contributed by atoms with Crippen LogP contribution in [0.3, 0.4) is 0 Å². The lowest BCUT2D eigenvalue weighted by Gasteiger charge is -2.18. The van der Waals surface area contributed by atoms with Gasteiger partial charge in [-0.3, -0.25) is 14.4 Å². The Morgan fingerprint density at radius 2 is 0.612 bits per heavy atom. The third-order valence-corrected chi connectivity index (χ3v) is 10.3. The molecule has 0 aromatic heterocycles. The van der Waals surface area contributed by atoms with E-state index in [4.69, 9.17) is 14.2 Å². The largest absolute Gasteiger partial charge is 0.462 e. The van der Waals surface area contributed by atoms with Crippen LogP contribution in [0.5, 0.6) is 0 Å². The van der Waals surface area contributed by atoms with Crippen LogP contribution in [-0.4, -0.2) is 37.2 Å². The zero-order valence-electron chi connectivity index (χ0n) is 42.3. The second-order valence-corrected chi connectivity index (χ2v) is 16.5. The predicted molar refractivity (Wildman–Crippen MR) is 288 cm³/mol. The Morgan fingerprint density at radius 1 is 0.313 bits per heavy atom. The topological polar surface area (TPSA) is 78.9 Å². The first-order valence-corrected chi connectivity index (χ1v) is 26.1. The highest BCUT2D eigenvalue weighted by molar-refractivity contribution is 5.71. The van der Waals surface area contributed by atoms with Crippen molar-refractivity contribution in [3.8, 4) is 0 Å². The van der Waals surface area contributed by atoms with Crippen molar-refractivity contribution in [2.24, 2.45) is 0 Å². The molecule has 0 spiro atoms. The summed E-state index contributed by atoms with van der Waals surface area (Å²) in [5.41, 5.74) is 0. The lowest BCUT2D eigenvalue weighted by Crippen LogP contribution is -2.30. The summed E-state index contributed by atoms with van der Waals surface area (Å²) >= 11 is 0. The molecule has 0 aliphatic carbocycles.